The Morgan fingerprint density at radius 3 is 1.42 bits per heavy atom. The summed E-state index contributed by atoms with van der Waals surface area (Å²) >= 11 is 0. The van der Waals surface area contributed by atoms with Gasteiger partial charge in [0.05, 0.1) is 125 Å². The molecule has 0 fully saturated rings. The van der Waals surface area contributed by atoms with Crippen molar-refractivity contribution in [3.8, 4) is 0 Å². The van der Waals surface area contributed by atoms with Gasteiger partial charge in [0.2, 0.25) is 5.91 Å². The van der Waals surface area contributed by atoms with Crippen LogP contribution in [0.3, 0.4) is 0 Å². The fraction of sp³-hybridized carbons (Fsp3) is 0.759. The highest BCUT2D eigenvalue weighted by Gasteiger charge is 2.02. The number of aromatic nitrogens is 1. The van der Waals surface area contributed by atoms with E-state index in [-0.39, 0.29) is 18.9 Å². The van der Waals surface area contributed by atoms with Gasteiger partial charge in [0.25, 0.3) is 0 Å². The van der Waals surface area contributed by atoms with Crippen LogP contribution in [0.4, 0.5) is 0 Å². The van der Waals surface area contributed by atoms with E-state index in [1.54, 1.807) is 27.8 Å². The molecule has 0 atom stereocenters. The Morgan fingerprint density at radius 2 is 1.02 bits per heavy atom. The number of hydrogen-bond donors (Lipinski definition) is 2. The van der Waals surface area contributed by atoms with E-state index in [9.17, 15) is 9.59 Å². The van der Waals surface area contributed by atoms with Gasteiger partial charge in [-0.05, 0) is 22.9 Å². The molecule has 0 aliphatic rings. The second-order valence-electron chi connectivity index (χ2n) is 8.83. The Bertz CT molecular complexity index is 802. The summed E-state index contributed by atoms with van der Waals surface area (Å²) in [5, 5.41) is 12.3. The Hall–Kier alpha value is -1.57. The van der Waals surface area contributed by atoms with Crippen molar-refractivity contribution in [1.29, 1.82) is 0 Å². The summed E-state index contributed by atoms with van der Waals surface area (Å²) in [6, 6.07) is 5.76. The summed E-state index contributed by atoms with van der Waals surface area (Å²) in [4.78, 5) is 26.4. The molecular weight excluding hydrogens is 632 g/mol. The molecule has 0 aliphatic carbocycles. The average Bonchev–Trinajstić information content (AvgIpc) is 3.04. The van der Waals surface area contributed by atoms with Gasteiger partial charge in [0.15, 0.2) is 0 Å². The molecule has 14 nitrogen and oxygen atoms in total. The number of carboxylic acid groups (broad SMARTS) is 1. The lowest BCUT2D eigenvalue weighted by molar-refractivity contribution is -0.138. The molecule has 0 radical (unpaired) electrons. The van der Waals surface area contributed by atoms with Crippen LogP contribution in [0.2, 0.25) is 0 Å². The molecule has 260 valence electrons. The van der Waals surface area contributed by atoms with Crippen molar-refractivity contribution in [2.75, 3.05) is 131 Å². The fourth-order valence-corrected chi connectivity index (χ4v) is 4.87. The predicted molar refractivity (Wildman–Crippen MR) is 170 cm³/mol. The standard InChI is InChI=1S/C29H50N2O12S2/c32-27(5-26-44-45-28-3-1-2-6-31-28)30-7-9-36-11-13-38-15-17-40-19-21-42-23-25-43-24-22-41-20-18-39-16-14-37-12-10-35-8-4-29(33)34/h1-3,6H,4-5,7-26H2,(H,30,32)(H,33,34). The van der Waals surface area contributed by atoms with Gasteiger partial charge >= 0.3 is 5.97 Å². The fourth-order valence-electron chi connectivity index (χ4n) is 3.00. The maximum atomic E-state index is 11.8. The van der Waals surface area contributed by atoms with E-state index in [0.717, 1.165) is 10.8 Å². The van der Waals surface area contributed by atoms with Gasteiger partial charge in [-0.15, -0.1) is 0 Å². The quantitative estimate of drug-likeness (QED) is 0.0789. The van der Waals surface area contributed by atoms with Gasteiger partial charge in [0.1, 0.15) is 5.03 Å². The number of amides is 1. The summed E-state index contributed by atoms with van der Waals surface area (Å²) in [5.74, 6) is -0.144. The smallest absolute Gasteiger partial charge is 0.305 e. The topological polar surface area (TPSA) is 162 Å². The Kier molecular flexibility index (Phi) is 31.1. The van der Waals surface area contributed by atoms with Gasteiger partial charge < -0.3 is 53.1 Å². The van der Waals surface area contributed by atoms with Crippen molar-refractivity contribution < 1.29 is 57.3 Å². The number of nitrogens with zero attached hydrogens (tertiary/aromatic N) is 1. The molecule has 0 saturated heterocycles. The van der Waals surface area contributed by atoms with E-state index in [1.807, 2.05) is 18.2 Å². The van der Waals surface area contributed by atoms with Gasteiger partial charge in [-0.3, -0.25) is 9.59 Å². The highest BCUT2D eigenvalue weighted by molar-refractivity contribution is 8.76. The largest absolute Gasteiger partial charge is 0.481 e. The number of pyridine rings is 1. The lowest BCUT2D eigenvalue weighted by Gasteiger charge is -2.09. The maximum absolute atomic E-state index is 11.8. The second-order valence-corrected chi connectivity index (χ2v) is 11.3. The minimum Gasteiger partial charge on any atom is -0.481 e. The van der Waals surface area contributed by atoms with E-state index >= 15 is 0 Å². The first-order chi connectivity index (χ1) is 22.2. The third-order valence-electron chi connectivity index (χ3n) is 5.20. The molecule has 0 bridgehead atoms. The predicted octanol–water partition coefficient (Wildman–Crippen LogP) is 1.95. The molecule has 0 aromatic carbocycles. The Morgan fingerprint density at radius 1 is 0.600 bits per heavy atom. The van der Waals surface area contributed by atoms with Gasteiger partial charge in [-0.25, -0.2) is 4.98 Å². The zero-order valence-electron chi connectivity index (χ0n) is 26.1. The minimum atomic E-state index is -0.876. The SMILES string of the molecule is O=C(O)CCOCCOCCOCCOCCOCCOCCOCCOCCOCCNC(=O)CCSSc1ccccn1. The highest BCUT2D eigenvalue weighted by atomic mass is 33.1. The van der Waals surface area contributed by atoms with Crippen LogP contribution in [-0.2, 0) is 52.2 Å². The number of hydrogen-bond acceptors (Lipinski definition) is 14. The van der Waals surface area contributed by atoms with Gasteiger partial charge in [0, 0.05) is 24.9 Å². The maximum Gasteiger partial charge on any atom is 0.305 e. The van der Waals surface area contributed by atoms with Crippen LogP contribution in [0.25, 0.3) is 0 Å². The van der Waals surface area contributed by atoms with Crippen molar-refractivity contribution >= 4 is 33.5 Å². The molecule has 1 aromatic heterocycles. The van der Waals surface area contributed by atoms with Crippen molar-refractivity contribution in [2.24, 2.45) is 0 Å². The second kappa shape index (κ2) is 33.8. The third-order valence-corrected chi connectivity index (χ3v) is 7.47. The summed E-state index contributed by atoms with van der Waals surface area (Å²) in [6.45, 7) is 8.48. The molecular formula is C29H50N2O12S2. The first kappa shape index (κ1) is 41.5. The average molecular weight is 683 g/mol. The molecule has 1 rings (SSSR count). The molecule has 1 heterocycles. The van der Waals surface area contributed by atoms with Gasteiger partial charge in [-0.2, -0.15) is 0 Å². The molecule has 0 unspecified atom stereocenters. The summed E-state index contributed by atoms with van der Waals surface area (Å²) in [5.41, 5.74) is 0. The van der Waals surface area contributed by atoms with Crippen LogP contribution in [-0.4, -0.2) is 153 Å². The molecule has 2 N–H and O–H groups in total. The molecule has 45 heavy (non-hydrogen) atoms. The summed E-state index contributed by atoms with van der Waals surface area (Å²) in [7, 11) is 3.18. The lowest BCUT2D eigenvalue weighted by Crippen LogP contribution is -2.27. The number of ether oxygens (including phenoxy) is 9. The zero-order valence-corrected chi connectivity index (χ0v) is 27.7. The number of aliphatic carboxylic acids is 1. The third kappa shape index (κ3) is 32.2. The number of carbonyl (C=O) groups excluding carboxylic acids is 1. The van der Waals surface area contributed by atoms with Crippen LogP contribution in [0, 0.1) is 0 Å². The Labute approximate surface area is 274 Å². The van der Waals surface area contributed by atoms with E-state index in [2.05, 4.69) is 10.3 Å². The zero-order chi connectivity index (χ0) is 32.3. The highest BCUT2D eigenvalue weighted by Crippen LogP contribution is 2.29. The summed E-state index contributed by atoms with van der Waals surface area (Å²) in [6.07, 6.45) is 2.21. The van der Waals surface area contributed by atoms with Crippen molar-refractivity contribution in [1.82, 2.24) is 10.3 Å². The molecule has 0 spiro atoms. The van der Waals surface area contributed by atoms with E-state index < -0.39 is 5.97 Å². The number of carboxylic acids is 1. The first-order valence-electron chi connectivity index (χ1n) is 15.1. The van der Waals surface area contributed by atoms with Crippen molar-refractivity contribution in [2.45, 2.75) is 17.9 Å². The molecule has 1 amide bonds. The molecule has 0 aliphatic heterocycles. The monoisotopic (exact) mass is 682 g/mol. The van der Waals surface area contributed by atoms with Crippen LogP contribution < -0.4 is 5.32 Å². The number of rotatable bonds is 35. The summed E-state index contributed by atoms with van der Waals surface area (Å²) < 4.78 is 48.5. The van der Waals surface area contributed by atoms with Crippen molar-refractivity contribution in [3.63, 3.8) is 0 Å². The Balaban J connectivity index is 1.65. The van der Waals surface area contributed by atoms with Gasteiger partial charge in [-0.1, -0.05) is 16.9 Å². The van der Waals surface area contributed by atoms with E-state index in [4.69, 9.17) is 47.7 Å². The van der Waals surface area contributed by atoms with Crippen LogP contribution in [0.15, 0.2) is 29.4 Å². The lowest BCUT2D eigenvalue weighted by atomic mass is 10.4. The van der Waals surface area contributed by atoms with Crippen LogP contribution in [0.5, 0.6) is 0 Å². The molecule has 1 aromatic rings. The normalized spacial score (nSPS) is 11.2. The number of nitrogens with one attached hydrogen (secondary N) is 1. The first-order valence-corrected chi connectivity index (χ1v) is 17.4. The van der Waals surface area contributed by atoms with Crippen molar-refractivity contribution in [3.05, 3.63) is 24.4 Å². The van der Waals surface area contributed by atoms with Crippen LogP contribution in [0.1, 0.15) is 12.8 Å². The minimum absolute atomic E-state index is 0.00478. The van der Waals surface area contributed by atoms with E-state index in [0.29, 0.717) is 125 Å². The number of carbonyl (C=O) groups is 2. The van der Waals surface area contributed by atoms with E-state index in [1.165, 1.54) is 0 Å². The molecule has 16 heteroatoms. The molecule has 0 saturated carbocycles. The van der Waals surface area contributed by atoms with Crippen LogP contribution >= 0.6 is 21.6 Å².